The average molecular weight is 2080 g/mol. The number of benzene rings is 5. The largest absolute Gasteiger partial charge is 1.00 e. The molecule has 24 nitrogen and oxygen atoms in total. The van der Waals surface area contributed by atoms with Crippen molar-refractivity contribution in [1.29, 1.82) is 0 Å². The topological polar surface area (TPSA) is 325 Å². The first kappa shape index (κ1) is 111. The number of amides is 5. The minimum absolute atomic E-state index is 0. The number of ether oxygens (including phenoxy) is 6. The van der Waals surface area contributed by atoms with Gasteiger partial charge in [-0.05, 0) is 202 Å². The van der Waals surface area contributed by atoms with E-state index in [4.69, 9.17) is 57.1 Å². The summed E-state index contributed by atoms with van der Waals surface area (Å²) >= 11 is 0. The van der Waals surface area contributed by atoms with E-state index in [0.717, 1.165) is 176 Å². The number of quaternary nitrogens is 5. The number of Topliss-reactive ketones (excluding diaryl/α,β-unsaturated/α-hetero) is 2. The summed E-state index contributed by atoms with van der Waals surface area (Å²) in [6.45, 7) is 23.3. The zero-order valence-electron chi connectivity index (χ0n) is 87.0. The van der Waals surface area contributed by atoms with Crippen molar-refractivity contribution in [2.24, 2.45) is 58.3 Å². The molecule has 0 spiro atoms. The van der Waals surface area contributed by atoms with E-state index in [1.54, 1.807) is 26.4 Å². The highest BCUT2D eigenvalue weighted by Crippen LogP contribution is 2.67. The van der Waals surface area contributed by atoms with Crippen molar-refractivity contribution < 1.29 is 152 Å². The van der Waals surface area contributed by atoms with Gasteiger partial charge < -0.3 is 147 Å². The van der Waals surface area contributed by atoms with Crippen LogP contribution in [0.1, 0.15) is 301 Å². The van der Waals surface area contributed by atoms with Gasteiger partial charge in [0.1, 0.15) is 84.3 Å². The van der Waals surface area contributed by atoms with Gasteiger partial charge >= 0.3 is 0 Å². The number of nitrogens with zero attached hydrogens (tertiary/aromatic N) is 5. The van der Waals surface area contributed by atoms with Crippen LogP contribution in [0.5, 0.6) is 11.5 Å². The summed E-state index contributed by atoms with van der Waals surface area (Å²) in [6.07, 6.45) is 35.6. The number of allylic oxidation sites excluding steroid dienone is 1. The molecule has 5 amide bonds. The fourth-order valence-corrected chi connectivity index (χ4v) is 34.2. The van der Waals surface area contributed by atoms with Crippen molar-refractivity contribution in [3.8, 4) is 11.5 Å². The Morgan fingerprint density at radius 1 is 0.417 bits per heavy atom. The van der Waals surface area contributed by atoms with E-state index >= 15 is 0 Å². The Bertz CT molecular complexity index is 5730. The van der Waals surface area contributed by atoms with Crippen molar-refractivity contribution in [3.63, 3.8) is 0 Å². The molecule has 7 unspecified atom stereocenters. The van der Waals surface area contributed by atoms with Crippen LogP contribution in [0.2, 0.25) is 0 Å². The molecule has 19 aliphatic rings. The molecule has 0 aromatic heterocycles. The predicted molar refractivity (Wildman–Crippen MR) is 534 cm³/mol. The van der Waals surface area contributed by atoms with E-state index < -0.39 is 33.8 Å². The summed E-state index contributed by atoms with van der Waals surface area (Å²) in [5, 5.41) is 12.3. The molecule has 8 saturated heterocycles. The molecule has 5 aromatic carbocycles. The first-order valence-corrected chi connectivity index (χ1v) is 53.6. The number of piperidine rings is 5. The van der Waals surface area contributed by atoms with E-state index in [0.29, 0.717) is 126 Å². The second-order valence-electron chi connectivity index (χ2n) is 49.1. The summed E-state index contributed by atoms with van der Waals surface area (Å²) < 4.78 is 41.4. The number of likely N-dealkylation sites (N-methyl/N-ethyl adjacent to an activating group) is 5. The molecule has 790 valence electrons. The zero-order chi connectivity index (χ0) is 97.9. The number of rotatable bonds is 18. The Balaban J connectivity index is 0.000000134. The van der Waals surface area contributed by atoms with Crippen LogP contribution < -0.4 is 100 Å². The molecule has 24 rings (SSSR count). The molecule has 23 atom stereocenters. The second kappa shape index (κ2) is 41.7. The normalized spacial score (nSPS) is 37.6. The Morgan fingerprint density at radius 2 is 0.826 bits per heavy atom. The molecule has 144 heavy (non-hydrogen) atoms. The van der Waals surface area contributed by atoms with Gasteiger partial charge in [0.05, 0.1) is 125 Å². The Morgan fingerprint density at radius 3 is 1.30 bits per heavy atom. The predicted octanol–water partition coefficient (Wildman–Crippen LogP) is -1.79. The van der Waals surface area contributed by atoms with Gasteiger partial charge in [-0.2, -0.15) is 0 Å². The van der Waals surface area contributed by atoms with E-state index in [-0.39, 0.29) is 114 Å². The van der Waals surface area contributed by atoms with Gasteiger partial charge in [-0.1, -0.05) is 69.2 Å². The van der Waals surface area contributed by atoms with Crippen LogP contribution >= 0.6 is 0 Å². The lowest BCUT2D eigenvalue weighted by Crippen LogP contribution is -3.00. The van der Waals surface area contributed by atoms with Crippen LogP contribution in [0, 0.1) is 29.6 Å². The third kappa shape index (κ3) is 18.8. The molecule has 10 bridgehead atoms. The number of ketones is 2. The van der Waals surface area contributed by atoms with Gasteiger partial charge in [-0.25, -0.2) is 0 Å². The number of fused-ring (bicyclic) bond motifs is 8. The summed E-state index contributed by atoms with van der Waals surface area (Å²) in [5.41, 5.74) is 42.9. The van der Waals surface area contributed by atoms with Gasteiger partial charge in [-0.3, -0.25) is 33.6 Å². The smallest absolute Gasteiger partial charge is 0.252 e. The highest BCUT2D eigenvalue weighted by atomic mass is 35.5. The monoisotopic (exact) mass is 2080 g/mol. The molecule has 29 heteroatoms. The zero-order valence-corrected chi connectivity index (χ0v) is 90.8. The Hall–Kier alpha value is -6.82. The minimum Gasteiger partial charge on any atom is -1.00 e. The number of hydrogen-bond donors (Lipinski definition) is 6. The molecule has 6 saturated carbocycles. The highest BCUT2D eigenvalue weighted by Gasteiger charge is 2.74. The quantitative estimate of drug-likeness (QED) is 0.0417. The number of halogens is 5. The summed E-state index contributed by atoms with van der Waals surface area (Å²) in [5.74, 6) is 3.06. The molecular weight excluding hydrogens is 1920 g/mol. The second-order valence-corrected chi connectivity index (χ2v) is 49.1. The molecule has 11 N–H and O–H groups in total. The van der Waals surface area contributed by atoms with Gasteiger partial charge in [-0.15, -0.1) is 0 Å². The minimum atomic E-state index is -0.973. The first-order chi connectivity index (χ1) is 66.3. The van der Waals surface area contributed by atoms with Crippen LogP contribution in [0.15, 0.2) is 91.0 Å². The molecular formula is C115H161Cl5N10O14. The van der Waals surface area contributed by atoms with Crippen LogP contribution in [0.25, 0.3) is 0 Å². The SMILES string of the molecule is C=C1CCC2[C@H]3Cc4ccc(C(N)=O)cc4[C@@]2(CC[N+]3(C)C[C@@H]2CCCO2)C1.COc1c(C(N)=O)ccc2c1[C@]13CC[N+](C)(CC4CC4)[C@H](C2)[C@]1(O)CCC(=O)C3.COc1c(C(N)=O)ccc2c1[C@]13CC[N+](C)(CC4CC4)[C@H](C2)[C@]1(OC)CCC(=O)C3.C[C@H]1[C@H]2Cc3ccc(C(N)=O)cc3[C@]1(C)CC[N+]2(C)C[C@@H]1CCCO1.C[N+]1(C[C@@H]2CCCO2)CC[C@]23CCCCC2[C@H]1Cc1ccc(C(N)=O)cc13.[Cl-].[Cl-].[Cl-].[Cl-].[Cl-]. The lowest BCUT2D eigenvalue weighted by molar-refractivity contribution is -0.950. The number of carbonyl (C=O) groups is 7. The van der Waals surface area contributed by atoms with Crippen molar-refractivity contribution in [2.45, 2.75) is 313 Å². The van der Waals surface area contributed by atoms with E-state index in [1.165, 1.54) is 191 Å². The van der Waals surface area contributed by atoms with Crippen molar-refractivity contribution in [3.05, 3.63) is 174 Å². The third-order valence-electron chi connectivity index (χ3n) is 41.7. The maximum atomic E-state index is 12.9. The van der Waals surface area contributed by atoms with E-state index in [2.05, 4.69) is 92.1 Å². The maximum Gasteiger partial charge on any atom is 0.252 e. The molecule has 8 aliphatic heterocycles. The Kier molecular flexibility index (Phi) is 32.3. The Labute approximate surface area is 885 Å². The molecule has 14 fully saturated rings. The number of nitrogens with two attached hydrogens (primary N) is 5. The maximum absolute atomic E-state index is 12.9. The van der Waals surface area contributed by atoms with Crippen LogP contribution in [0.3, 0.4) is 0 Å². The molecule has 8 heterocycles. The number of carbonyl (C=O) groups excluding carboxylic acids is 7. The standard InChI is InChI=1S/C24H32N2O4.C24H32N2O2.C23H30N2O4.C23H32N2O2.C21H30N2O2.5ClH/c1-26(14-15-4-5-15)11-10-23-13-17(27)8-9-24(23,30-3)19(26)12-16-6-7-18(22(25)28)21(29-2)20(16)23;1-16-5-8-20-22-13-17-6-7-18(23(25)27)12-21(17)24(20,14-16)9-10-26(22,2)15-19-4-3-11-28-19;1-25(13-14-3-4-14)10-9-22-12-16(26)7-8-23(22,28)18(25)11-15-5-6-17(21(24)27)20(29-2)19(15)22;1-25(15-18-5-4-12-27-18)11-10-23-9-3-2-6-19(23)21(25)14-16-7-8-17(22(24)26)13-20(16)23;1-14-19-12-15-6-7-16(20(22)24)11-18(15)21(14,2)8-9-23(19,3)13-17-5-4-10-25-17;;;;;/h6-7,15,19H,4-5,8-14H2,1-3H3,(H-,25,28);6-7,12,19-20,22H,1,3-5,8-11,13-15H2,2H3,(H-,25,27);5-6,14,18,28H,3-4,7-13H2,1-2H3,(H-,24,27);7-8,13,18-19,21H,2-6,9-12,14-15H2,1H3,(H-,24,26);6-7,11,14,17,19H,4-5,8-10,12-13H2,1-3H3,(H-,22,24);5*1H/t19-,23-,24-,26?;19-,20?,22+,24-,26?;18-,22-,23-,25?;18-,19?,21+,23+,25?;14-,17-,19+,21+,23?;;;;;/m10100...../s1. The summed E-state index contributed by atoms with van der Waals surface area (Å²) in [7, 11) is 17.1. The van der Waals surface area contributed by atoms with Gasteiger partial charge in [0.15, 0.2) is 0 Å². The van der Waals surface area contributed by atoms with Crippen LogP contribution in [-0.2, 0) is 87.7 Å². The van der Waals surface area contributed by atoms with Gasteiger partial charge in [0.2, 0.25) is 17.7 Å². The van der Waals surface area contributed by atoms with Crippen LogP contribution in [0.4, 0.5) is 0 Å². The third-order valence-corrected chi connectivity index (χ3v) is 41.7. The number of aliphatic hydroxyl groups is 1. The average Bonchev–Trinajstić information content (AvgIpc) is 0.902. The fraction of sp³-hybridized carbons (Fsp3) is 0.661. The van der Waals surface area contributed by atoms with Gasteiger partial charge in [0, 0.05) is 201 Å². The lowest BCUT2D eigenvalue weighted by atomic mass is 9.48. The number of primary amides is 5. The lowest BCUT2D eigenvalue weighted by Gasteiger charge is -2.66. The first-order valence-electron chi connectivity index (χ1n) is 53.6. The van der Waals surface area contributed by atoms with E-state index in [9.17, 15) is 38.7 Å². The van der Waals surface area contributed by atoms with Gasteiger partial charge in [0.25, 0.3) is 11.8 Å². The molecule has 0 radical (unpaired) electrons. The summed E-state index contributed by atoms with van der Waals surface area (Å²) in [6, 6.07) is 28.5. The number of likely N-dealkylation sites (tertiary alicyclic amines) is 5. The van der Waals surface area contributed by atoms with Crippen molar-refractivity contribution in [1.82, 2.24) is 0 Å². The highest BCUT2D eigenvalue weighted by molar-refractivity contribution is 5.98. The van der Waals surface area contributed by atoms with Crippen LogP contribution in [-0.4, -0.2) is 270 Å². The number of methoxy groups -OCH3 is 3. The molecule has 5 aromatic rings. The fourth-order valence-electron chi connectivity index (χ4n) is 34.2. The van der Waals surface area contributed by atoms with Crippen molar-refractivity contribution in [2.75, 3.05) is 142 Å². The van der Waals surface area contributed by atoms with Crippen molar-refractivity contribution >= 4 is 41.1 Å². The number of hydrogen-bond acceptors (Lipinski definition) is 14. The summed E-state index contributed by atoms with van der Waals surface area (Å²) in [4.78, 5) is 85.1. The van der Waals surface area contributed by atoms with E-state index in [1.807, 2.05) is 37.4 Å². The molecule has 11 aliphatic carbocycles.